The number of rotatable bonds is 5. The number of nitrogens with zero attached hydrogens (tertiary/aromatic N) is 1. The second-order valence-corrected chi connectivity index (χ2v) is 18.1. The summed E-state index contributed by atoms with van der Waals surface area (Å²) in [5, 5.41) is 39.8. The van der Waals surface area contributed by atoms with E-state index in [4.69, 9.17) is 9.47 Å². The van der Waals surface area contributed by atoms with E-state index in [9.17, 15) is 20.4 Å². The molecule has 0 bridgehead atoms. The lowest BCUT2D eigenvalue weighted by atomic mass is 9.99. The van der Waals surface area contributed by atoms with Crippen LogP contribution in [0.4, 0.5) is 0 Å². The third-order valence-corrected chi connectivity index (χ3v) is 13.5. The second kappa shape index (κ2) is 17.6. The van der Waals surface area contributed by atoms with Gasteiger partial charge in [0.05, 0.1) is 41.9 Å². The Kier molecular flexibility index (Phi) is 15.8. The predicted molar refractivity (Wildman–Crippen MR) is 152 cm³/mol. The van der Waals surface area contributed by atoms with E-state index in [0.717, 1.165) is 6.04 Å². The van der Waals surface area contributed by atoms with Crippen LogP contribution in [0.2, 0.25) is 24.7 Å². The van der Waals surface area contributed by atoms with Crippen LogP contribution in [0, 0.1) is 0 Å². The standard InChI is InChI=1S/C29H60NO6Si/c1-30(2)18-14-10-6-4-8-12-16-21-37(3,22-17-13-9-5-7-11-15-19-30)23-20-35-29-28(34)27(33)26(32)25(24-31)36-29/h25-29,31-34H,4-24H2,1-3H3/q+1. The molecular weight excluding hydrogens is 486 g/mol. The number of hydrogen-bond acceptors (Lipinski definition) is 6. The third kappa shape index (κ3) is 12.8. The van der Waals surface area contributed by atoms with E-state index in [-0.39, 0.29) is 0 Å². The van der Waals surface area contributed by atoms with Gasteiger partial charge in [0.1, 0.15) is 24.4 Å². The lowest BCUT2D eigenvalue weighted by molar-refractivity contribution is -0.890. The van der Waals surface area contributed by atoms with Gasteiger partial charge in [-0.3, -0.25) is 0 Å². The van der Waals surface area contributed by atoms with Crippen molar-refractivity contribution in [2.75, 3.05) is 40.4 Å². The van der Waals surface area contributed by atoms with E-state index in [1.165, 1.54) is 120 Å². The van der Waals surface area contributed by atoms with Gasteiger partial charge < -0.3 is 34.4 Å². The lowest BCUT2D eigenvalue weighted by Crippen LogP contribution is -2.59. The van der Waals surface area contributed by atoms with Gasteiger partial charge in [0.25, 0.3) is 0 Å². The first-order valence-electron chi connectivity index (χ1n) is 15.4. The number of hydrogen-bond donors (Lipinski definition) is 4. The normalized spacial score (nSPS) is 34.0. The fourth-order valence-electron chi connectivity index (χ4n) is 6.06. The Labute approximate surface area is 228 Å². The van der Waals surface area contributed by atoms with Gasteiger partial charge in [-0.2, -0.15) is 0 Å². The maximum Gasteiger partial charge on any atom is 0.186 e. The van der Waals surface area contributed by atoms with Crippen molar-refractivity contribution >= 4 is 8.07 Å². The summed E-state index contributed by atoms with van der Waals surface area (Å²) in [7, 11) is 3.31. The van der Waals surface area contributed by atoms with Gasteiger partial charge in [-0.05, 0) is 31.7 Å². The maximum absolute atomic E-state index is 10.3. The van der Waals surface area contributed by atoms with Gasteiger partial charge in [0.15, 0.2) is 6.29 Å². The molecule has 0 spiro atoms. The second-order valence-electron chi connectivity index (χ2n) is 13.0. The van der Waals surface area contributed by atoms with Crippen molar-refractivity contribution in [3.8, 4) is 0 Å². The summed E-state index contributed by atoms with van der Waals surface area (Å²) in [4.78, 5) is 0. The van der Waals surface area contributed by atoms with Crippen molar-refractivity contribution < 1.29 is 34.4 Å². The van der Waals surface area contributed by atoms with Crippen LogP contribution in [0.25, 0.3) is 0 Å². The zero-order valence-electron chi connectivity index (χ0n) is 24.3. The molecule has 0 amide bonds. The molecule has 220 valence electrons. The molecule has 0 saturated carbocycles. The van der Waals surface area contributed by atoms with Crippen LogP contribution >= 0.6 is 0 Å². The van der Waals surface area contributed by atoms with Gasteiger partial charge in [-0.15, -0.1) is 0 Å². The SMILES string of the molecule is C[N+]1(C)CCCCCCCCC[Si](C)(CCOC2OC(CO)C(O)C(O)C2O)CCCCCCCCC1. The Morgan fingerprint density at radius 3 is 1.65 bits per heavy atom. The summed E-state index contributed by atoms with van der Waals surface area (Å²) < 4.78 is 12.6. The van der Waals surface area contributed by atoms with Crippen LogP contribution in [-0.4, -0.2) is 104 Å². The van der Waals surface area contributed by atoms with Crippen molar-refractivity contribution in [1.82, 2.24) is 0 Å². The molecule has 5 atom stereocenters. The Balaban J connectivity index is 1.82. The van der Waals surface area contributed by atoms with Crippen LogP contribution in [0.1, 0.15) is 89.9 Å². The van der Waals surface area contributed by atoms with Crippen LogP contribution in [0.3, 0.4) is 0 Å². The molecule has 2 heterocycles. The van der Waals surface area contributed by atoms with Crippen molar-refractivity contribution in [3.63, 3.8) is 0 Å². The smallest absolute Gasteiger partial charge is 0.186 e. The summed E-state index contributed by atoms with van der Waals surface area (Å²) in [5.41, 5.74) is 0. The van der Waals surface area contributed by atoms with E-state index in [2.05, 4.69) is 20.6 Å². The highest BCUT2D eigenvalue weighted by molar-refractivity contribution is 6.78. The average Bonchev–Trinajstić information content (AvgIpc) is 2.86. The van der Waals surface area contributed by atoms with Crippen molar-refractivity contribution in [3.05, 3.63) is 0 Å². The Morgan fingerprint density at radius 1 is 0.703 bits per heavy atom. The van der Waals surface area contributed by atoms with Crippen LogP contribution in [0.5, 0.6) is 0 Å². The van der Waals surface area contributed by atoms with Crippen LogP contribution in [-0.2, 0) is 9.47 Å². The van der Waals surface area contributed by atoms with Crippen molar-refractivity contribution in [2.45, 2.75) is 145 Å². The fraction of sp³-hybridized carbons (Fsp3) is 1.00. The minimum absolute atomic E-state index is 0.422. The molecule has 2 fully saturated rings. The molecule has 0 aliphatic carbocycles. The molecule has 0 aromatic rings. The van der Waals surface area contributed by atoms with E-state index >= 15 is 0 Å². The van der Waals surface area contributed by atoms with E-state index in [1.807, 2.05) is 0 Å². The number of aliphatic hydroxyl groups excluding tert-OH is 4. The van der Waals surface area contributed by atoms with E-state index < -0.39 is 45.4 Å². The molecule has 0 aromatic heterocycles. The molecule has 0 radical (unpaired) electrons. The number of ether oxygens (including phenoxy) is 2. The lowest BCUT2D eigenvalue weighted by Gasteiger charge is -2.40. The first-order valence-corrected chi connectivity index (χ1v) is 18.5. The molecule has 2 saturated heterocycles. The monoisotopic (exact) mass is 546 g/mol. The summed E-state index contributed by atoms with van der Waals surface area (Å²) in [6, 6.07) is 3.64. The van der Waals surface area contributed by atoms with Gasteiger partial charge in [-0.25, -0.2) is 0 Å². The van der Waals surface area contributed by atoms with Crippen molar-refractivity contribution in [2.24, 2.45) is 0 Å². The molecule has 2 aliphatic rings. The first kappa shape index (κ1) is 33.1. The molecular formula is C29H60NO6Si+. The largest absolute Gasteiger partial charge is 0.394 e. The fourth-order valence-corrected chi connectivity index (χ4v) is 9.63. The van der Waals surface area contributed by atoms with Crippen LogP contribution < -0.4 is 0 Å². The molecule has 5 unspecified atom stereocenters. The number of quaternary nitrogens is 1. The molecule has 0 aromatic carbocycles. The minimum Gasteiger partial charge on any atom is -0.394 e. The van der Waals surface area contributed by atoms with Gasteiger partial charge >= 0.3 is 0 Å². The van der Waals surface area contributed by atoms with E-state index in [1.54, 1.807) is 0 Å². The zero-order valence-corrected chi connectivity index (χ0v) is 25.3. The molecule has 4 N–H and O–H groups in total. The van der Waals surface area contributed by atoms with Crippen molar-refractivity contribution in [1.29, 1.82) is 0 Å². The molecule has 7 nitrogen and oxygen atoms in total. The third-order valence-electron chi connectivity index (χ3n) is 8.92. The quantitative estimate of drug-likeness (QED) is 0.301. The highest BCUT2D eigenvalue weighted by Gasteiger charge is 2.44. The molecule has 37 heavy (non-hydrogen) atoms. The van der Waals surface area contributed by atoms with Gasteiger partial charge in [-0.1, -0.05) is 82.8 Å². The highest BCUT2D eigenvalue weighted by atomic mass is 28.3. The first-order chi connectivity index (χ1) is 17.7. The number of aliphatic hydroxyl groups is 4. The summed E-state index contributed by atoms with van der Waals surface area (Å²) in [6.45, 7) is 5.20. The van der Waals surface area contributed by atoms with Crippen LogP contribution in [0.15, 0.2) is 0 Å². The summed E-state index contributed by atoms with van der Waals surface area (Å²) >= 11 is 0. The molecule has 2 rings (SSSR count). The highest BCUT2D eigenvalue weighted by Crippen LogP contribution is 2.29. The summed E-state index contributed by atoms with van der Waals surface area (Å²) in [5.74, 6) is 0. The topological polar surface area (TPSA) is 99.4 Å². The average molecular weight is 547 g/mol. The molecule has 2 aliphatic heterocycles. The molecule has 8 heteroatoms. The van der Waals surface area contributed by atoms with Gasteiger partial charge in [0.2, 0.25) is 0 Å². The summed E-state index contributed by atoms with van der Waals surface area (Å²) in [6.07, 6.45) is 12.8. The van der Waals surface area contributed by atoms with E-state index in [0.29, 0.717) is 6.61 Å². The Morgan fingerprint density at radius 2 is 1.16 bits per heavy atom. The predicted octanol–water partition coefficient (Wildman–Crippen LogP) is 4.43. The Bertz CT molecular complexity index is 569. The minimum atomic E-state index is -1.50. The maximum atomic E-state index is 10.3. The van der Waals surface area contributed by atoms with Gasteiger partial charge in [0, 0.05) is 6.61 Å². The Hall–Kier alpha value is -0.0631. The zero-order chi connectivity index (χ0) is 27.2.